The number of hydrogen-bond acceptors (Lipinski definition) is 2. The van der Waals surface area contributed by atoms with Crippen molar-refractivity contribution in [3.8, 4) is 0 Å². The van der Waals surface area contributed by atoms with Crippen molar-refractivity contribution in [1.82, 2.24) is 15.2 Å². The van der Waals surface area contributed by atoms with E-state index in [2.05, 4.69) is 10.3 Å². The van der Waals surface area contributed by atoms with Gasteiger partial charge in [0.15, 0.2) is 0 Å². The van der Waals surface area contributed by atoms with Gasteiger partial charge in [-0.2, -0.15) is 0 Å². The highest BCUT2D eigenvalue weighted by atomic mass is 16.2. The van der Waals surface area contributed by atoms with Crippen molar-refractivity contribution in [2.45, 2.75) is 39.7 Å². The molecule has 2 heterocycles. The average Bonchev–Trinajstić information content (AvgIpc) is 2.99. The fourth-order valence-electron chi connectivity index (χ4n) is 3.58. The Hall–Kier alpha value is -2.56. The minimum Gasteiger partial charge on any atom is -0.354 e. The number of rotatable bonds is 5. The molecule has 2 N–H and O–H groups in total. The van der Waals surface area contributed by atoms with Crippen LogP contribution >= 0.6 is 0 Å². The molecule has 0 radical (unpaired) electrons. The first-order valence-electron chi connectivity index (χ1n) is 9.29. The third-order valence-electron chi connectivity index (χ3n) is 5.07. The lowest BCUT2D eigenvalue weighted by molar-refractivity contribution is -0.122. The van der Waals surface area contributed by atoms with Gasteiger partial charge >= 0.3 is 0 Å². The van der Waals surface area contributed by atoms with Crippen LogP contribution in [-0.2, 0) is 11.3 Å². The molecule has 0 spiro atoms. The molecule has 0 bridgehead atoms. The summed E-state index contributed by atoms with van der Waals surface area (Å²) < 4.78 is 0. The first-order chi connectivity index (χ1) is 12.5. The van der Waals surface area contributed by atoms with E-state index < -0.39 is 0 Å². The van der Waals surface area contributed by atoms with E-state index in [-0.39, 0.29) is 11.8 Å². The van der Waals surface area contributed by atoms with Crippen molar-refractivity contribution in [1.29, 1.82) is 0 Å². The predicted molar refractivity (Wildman–Crippen MR) is 102 cm³/mol. The maximum Gasteiger partial charge on any atom is 0.270 e. The van der Waals surface area contributed by atoms with Gasteiger partial charge < -0.3 is 15.2 Å². The molecule has 5 heteroatoms. The van der Waals surface area contributed by atoms with E-state index in [0.717, 1.165) is 29.7 Å². The number of amides is 2. The van der Waals surface area contributed by atoms with Crippen LogP contribution in [0.15, 0.2) is 36.4 Å². The Morgan fingerprint density at radius 1 is 1.15 bits per heavy atom. The summed E-state index contributed by atoms with van der Waals surface area (Å²) in [4.78, 5) is 29.9. The van der Waals surface area contributed by atoms with Crippen molar-refractivity contribution in [3.05, 3.63) is 58.9 Å². The molecule has 2 aromatic rings. The van der Waals surface area contributed by atoms with E-state index in [1.165, 1.54) is 0 Å². The summed E-state index contributed by atoms with van der Waals surface area (Å²) in [5.41, 5.74) is 3.81. The third-order valence-corrected chi connectivity index (χ3v) is 5.07. The molecule has 0 unspecified atom stereocenters. The van der Waals surface area contributed by atoms with E-state index in [0.29, 0.717) is 37.7 Å². The van der Waals surface area contributed by atoms with Crippen LogP contribution in [0, 0.1) is 19.8 Å². The van der Waals surface area contributed by atoms with Gasteiger partial charge in [0, 0.05) is 31.7 Å². The molecule has 1 aromatic heterocycles. The summed E-state index contributed by atoms with van der Waals surface area (Å²) in [5.74, 6) is 0.512. The Morgan fingerprint density at radius 2 is 1.85 bits per heavy atom. The second-order valence-corrected chi connectivity index (χ2v) is 7.21. The molecule has 0 atom stereocenters. The first kappa shape index (κ1) is 18.2. The lowest BCUT2D eigenvalue weighted by Gasteiger charge is -2.31. The maximum atomic E-state index is 12.6. The van der Waals surface area contributed by atoms with Crippen LogP contribution < -0.4 is 5.32 Å². The number of likely N-dealkylation sites (tertiary alicyclic amines) is 1. The zero-order chi connectivity index (χ0) is 18.5. The van der Waals surface area contributed by atoms with Gasteiger partial charge in [-0.05, 0) is 49.8 Å². The number of H-pyrrole nitrogens is 1. The number of benzene rings is 1. The van der Waals surface area contributed by atoms with Crippen molar-refractivity contribution in [3.63, 3.8) is 0 Å². The highest BCUT2D eigenvalue weighted by Gasteiger charge is 2.26. The van der Waals surface area contributed by atoms with Gasteiger partial charge in [-0.1, -0.05) is 30.3 Å². The number of aromatic amines is 1. The van der Waals surface area contributed by atoms with Crippen LogP contribution in [0.1, 0.15) is 46.6 Å². The Bertz CT molecular complexity index is 759. The lowest BCUT2D eigenvalue weighted by Crippen LogP contribution is -2.40. The Morgan fingerprint density at radius 3 is 2.46 bits per heavy atom. The van der Waals surface area contributed by atoms with Crippen LogP contribution in [0.5, 0.6) is 0 Å². The second kappa shape index (κ2) is 8.21. The maximum absolute atomic E-state index is 12.6. The number of carbonyl (C=O) groups excluding carboxylic acids is 2. The molecular formula is C21H27N3O2. The van der Waals surface area contributed by atoms with Crippen LogP contribution in [0.2, 0.25) is 0 Å². The van der Waals surface area contributed by atoms with Crippen molar-refractivity contribution >= 4 is 11.8 Å². The van der Waals surface area contributed by atoms with Gasteiger partial charge in [-0.15, -0.1) is 0 Å². The normalized spacial score (nSPS) is 15.1. The fraction of sp³-hybridized carbons (Fsp3) is 0.429. The highest BCUT2D eigenvalue weighted by Crippen LogP contribution is 2.22. The molecule has 138 valence electrons. The van der Waals surface area contributed by atoms with E-state index in [4.69, 9.17) is 0 Å². The number of carbonyl (C=O) groups is 2. The van der Waals surface area contributed by atoms with E-state index >= 15 is 0 Å². The molecular weight excluding hydrogens is 326 g/mol. The molecule has 2 amide bonds. The van der Waals surface area contributed by atoms with Gasteiger partial charge in [0.05, 0.1) is 0 Å². The van der Waals surface area contributed by atoms with Crippen LogP contribution in [0.3, 0.4) is 0 Å². The molecule has 0 aliphatic carbocycles. The second-order valence-electron chi connectivity index (χ2n) is 7.21. The first-order valence-corrected chi connectivity index (χ1v) is 9.29. The molecule has 3 rings (SSSR count). The number of piperidine rings is 1. The molecule has 1 aromatic carbocycles. The number of aryl methyl sites for hydroxylation is 2. The Kier molecular flexibility index (Phi) is 5.76. The molecule has 1 aliphatic rings. The number of nitrogens with one attached hydrogen (secondary N) is 2. The SMILES string of the molecule is Cc1cc(C)c(C(=O)N2CCC(CC(=O)NCc3ccccc3)CC2)[nH]1. The summed E-state index contributed by atoms with van der Waals surface area (Å²) in [7, 11) is 0. The van der Waals surface area contributed by atoms with Gasteiger partial charge in [-0.3, -0.25) is 9.59 Å². The van der Waals surface area contributed by atoms with Gasteiger partial charge in [0.2, 0.25) is 5.91 Å². The molecule has 5 nitrogen and oxygen atoms in total. The Balaban J connectivity index is 1.44. The molecule has 0 saturated carbocycles. The van der Waals surface area contributed by atoms with E-state index in [1.807, 2.05) is 55.1 Å². The van der Waals surface area contributed by atoms with Gasteiger partial charge in [0.25, 0.3) is 5.91 Å². The predicted octanol–water partition coefficient (Wildman–Crippen LogP) is 3.19. The van der Waals surface area contributed by atoms with Crippen molar-refractivity contribution in [2.75, 3.05) is 13.1 Å². The zero-order valence-electron chi connectivity index (χ0n) is 15.5. The van der Waals surface area contributed by atoms with E-state index in [9.17, 15) is 9.59 Å². The van der Waals surface area contributed by atoms with Crippen molar-refractivity contribution in [2.24, 2.45) is 5.92 Å². The van der Waals surface area contributed by atoms with Crippen LogP contribution in [0.4, 0.5) is 0 Å². The zero-order valence-corrected chi connectivity index (χ0v) is 15.5. The monoisotopic (exact) mass is 353 g/mol. The van der Waals surface area contributed by atoms with E-state index in [1.54, 1.807) is 0 Å². The fourth-order valence-corrected chi connectivity index (χ4v) is 3.58. The van der Waals surface area contributed by atoms with Gasteiger partial charge in [-0.25, -0.2) is 0 Å². The number of nitrogens with zero attached hydrogens (tertiary/aromatic N) is 1. The average molecular weight is 353 g/mol. The molecule has 26 heavy (non-hydrogen) atoms. The minimum absolute atomic E-state index is 0.0718. The summed E-state index contributed by atoms with van der Waals surface area (Å²) in [6.45, 7) is 5.92. The molecule has 1 saturated heterocycles. The summed E-state index contributed by atoms with van der Waals surface area (Å²) >= 11 is 0. The molecule has 1 aliphatic heterocycles. The summed E-state index contributed by atoms with van der Waals surface area (Å²) in [5, 5.41) is 2.99. The standard InChI is InChI=1S/C21H27N3O2/c1-15-12-16(2)23-20(15)21(26)24-10-8-17(9-11-24)13-19(25)22-14-18-6-4-3-5-7-18/h3-7,12,17,23H,8-11,13-14H2,1-2H3,(H,22,25). The highest BCUT2D eigenvalue weighted by molar-refractivity contribution is 5.94. The van der Waals surface area contributed by atoms with Gasteiger partial charge in [0.1, 0.15) is 5.69 Å². The topological polar surface area (TPSA) is 65.2 Å². The summed E-state index contributed by atoms with van der Waals surface area (Å²) in [6, 6.07) is 11.9. The van der Waals surface area contributed by atoms with Crippen LogP contribution in [0.25, 0.3) is 0 Å². The molecule has 1 fully saturated rings. The lowest BCUT2D eigenvalue weighted by atomic mass is 9.93. The Labute approximate surface area is 154 Å². The third kappa shape index (κ3) is 4.54. The number of aromatic nitrogens is 1. The number of hydrogen-bond donors (Lipinski definition) is 2. The smallest absolute Gasteiger partial charge is 0.270 e. The largest absolute Gasteiger partial charge is 0.354 e. The minimum atomic E-state index is 0.0718. The van der Waals surface area contributed by atoms with Crippen molar-refractivity contribution < 1.29 is 9.59 Å². The summed E-state index contributed by atoms with van der Waals surface area (Å²) in [6.07, 6.45) is 2.29. The van der Waals surface area contributed by atoms with Crippen LogP contribution in [-0.4, -0.2) is 34.8 Å². The quantitative estimate of drug-likeness (QED) is 0.867.